The van der Waals surface area contributed by atoms with E-state index in [0.717, 1.165) is 6.07 Å². The fourth-order valence-electron chi connectivity index (χ4n) is 1.10. The molecule has 0 aliphatic carbocycles. The summed E-state index contributed by atoms with van der Waals surface area (Å²) < 4.78 is 26.0. The first kappa shape index (κ1) is 12.2. The van der Waals surface area contributed by atoms with Crippen molar-refractivity contribution in [3.05, 3.63) is 34.8 Å². The first-order chi connectivity index (χ1) is 8.19. The zero-order chi connectivity index (χ0) is 12.3. The molecule has 0 atom stereocenters. The van der Waals surface area contributed by atoms with Crippen LogP contribution >= 0.6 is 23.1 Å². The van der Waals surface area contributed by atoms with Gasteiger partial charge in [0.25, 0.3) is 0 Å². The third-order valence-corrected chi connectivity index (χ3v) is 3.93. The minimum absolute atomic E-state index is 0.379. The van der Waals surface area contributed by atoms with E-state index in [1.54, 1.807) is 0 Å². The topological polar surface area (TPSA) is 63.8 Å². The summed E-state index contributed by atoms with van der Waals surface area (Å²) in [6.45, 7) is 0. The lowest BCUT2D eigenvalue weighted by molar-refractivity contribution is 0.565. The Morgan fingerprint density at radius 3 is 2.82 bits per heavy atom. The fourth-order valence-corrected chi connectivity index (χ4v) is 2.66. The van der Waals surface area contributed by atoms with Gasteiger partial charge in [-0.3, -0.25) is 5.43 Å². The number of halogens is 2. The van der Waals surface area contributed by atoms with Crippen LogP contribution < -0.4 is 11.3 Å². The average molecular weight is 274 g/mol. The van der Waals surface area contributed by atoms with E-state index in [0.29, 0.717) is 20.8 Å². The molecule has 0 fully saturated rings. The summed E-state index contributed by atoms with van der Waals surface area (Å²) in [5.41, 5.74) is 2.38. The monoisotopic (exact) mass is 274 g/mol. The van der Waals surface area contributed by atoms with Gasteiger partial charge in [0.2, 0.25) is 5.13 Å². The van der Waals surface area contributed by atoms with Gasteiger partial charge in [0.1, 0.15) is 16.6 Å². The van der Waals surface area contributed by atoms with E-state index in [2.05, 4.69) is 15.6 Å². The van der Waals surface area contributed by atoms with Crippen molar-refractivity contribution in [1.29, 1.82) is 0 Å². The van der Waals surface area contributed by atoms with E-state index in [-0.39, 0.29) is 0 Å². The minimum atomic E-state index is -0.586. The number of nitrogens with zero attached hydrogens (tertiary/aromatic N) is 2. The summed E-state index contributed by atoms with van der Waals surface area (Å²) in [6.07, 6.45) is 0. The molecule has 0 aliphatic heterocycles. The van der Waals surface area contributed by atoms with Crippen molar-refractivity contribution >= 4 is 28.2 Å². The van der Waals surface area contributed by atoms with Crippen LogP contribution in [0, 0.1) is 11.6 Å². The summed E-state index contributed by atoms with van der Waals surface area (Å²) in [7, 11) is 0. The molecule has 8 heteroatoms. The maximum atomic E-state index is 13.3. The van der Waals surface area contributed by atoms with Crippen LogP contribution in [0.3, 0.4) is 0 Å². The molecule has 0 radical (unpaired) electrons. The largest absolute Gasteiger partial charge is 0.298 e. The standard InChI is InChI=1S/C9H8F2N4S2/c10-5-1-2-7(6(11)3-5)16-4-8-14-15-9(13-12)17-8/h1-3H,4,12H2,(H,13,15). The highest BCUT2D eigenvalue weighted by molar-refractivity contribution is 7.98. The molecule has 0 unspecified atom stereocenters. The number of hydrogen-bond acceptors (Lipinski definition) is 6. The van der Waals surface area contributed by atoms with E-state index >= 15 is 0 Å². The zero-order valence-corrected chi connectivity index (χ0v) is 10.1. The lowest BCUT2D eigenvalue weighted by atomic mass is 10.3. The Kier molecular flexibility index (Phi) is 3.87. The average Bonchev–Trinajstić information content (AvgIpc) is 2.76. The van der Waals surface area contributed by atoms with Gasteiger partial charge in [-0.1, -0.05) is 11.3 Å². The van der Waals surface area contributed by atoms with Gasteiger partial charge in [-0.15, -0.1) is 22.0 Å². The van der Waals surface area contributed by atoms with Crippen molar-refractivity contribution in [3.8, 4) is 0 Å². The number of hydrogen-bond donors (Lipinski definition) is 2. The third-order valence-electron chi connectivity index (χ3n) is 1.84. The summed E-state index contributed by atoms with van der Waals surface area (Å²) >= 11 is 2.52. The number of anilines is 1. The summed E-state index contributed by atoms with van der Waals surface area (Å²) in [6, 6.07) is 3.48. The van der Waals surface area contributed by atoms with Crippen LogP contribution in [0.2, 0.25) is 0 Å². The Balaban J connectivity index is 2.02. The van der Waals surface area contributed by atoms with Crippen LogP contribution in [0.4, 0.5) is 13.9 Å². The van der Waals surface area contributed by atoms with Gasteiger partial charge in [0.15, 0.2) is 0 Å². The van der Waals surface area contributed by atoms with E-state index in [9.17, 15) is 8.78 Å². The third kappa shape index (κ3) is 3.11. The quantitative estimate of drug-likeness (QED) is 0.509. The van der Waals surface area contributed by atoms with Crippen molar-refractivity contribution < 1.29 is 8.78 Å². The summed E-state index contributed by atoms with van der Waals surface area (Å²) in [4.78, 5) is 0.379. The predicted octanol–water partition coefficient (Wildman–Crippen LogP) is 2.39. The molecule has 3 N–H and O–H groups in total. The molecule has 0 spiro atoms. The number of rotatable bonds is 4. The molecule has 1 aromatic carbocycles. The van der Waals surface area contributed by atoms with Crippen molar-refractivity contribution in [3.63, 3.8) is 0 Å². The Labute approximate surface area is 104 Å². The normalized spacial score (nSPS) is 10.5. The molecule has 0 saturated carbocycles. The van der Waals surface area contributed by atoms with E-state index in [1.165, 1.54) is 35.2 Å². The second-order valence-corrected chi connectivity index (χ2v) is 5.09. The predicted molar refractivity (Wildman–Crippen MR) is 63.6 cm³/mol. The number of hydrazine groups is 1. The highest BCUT2D eigenvalue weighted by Gasteiger charge is 2.07. The van der Waals surface area contributed by atoms with Crippen LogP contribution in [0.1, 0.15) is 5.01 Å². The summed E-state index contributed by atoms with van der Waals surface area (Å²) in [5.74, 6) is 4.46. The van der Waals surface area contributed by atoms with Crippen molar-refractivity contribution in [1.82, 2.24) is 10.2 Å². The Hall–Kier alpha value is -1.25. The van der Waals surface area contributed by atoms with E-state index in [1.807, 2.05) is 0 Å². The van der Waals surface area contributed by atoms with Crippen LogP contribution in [0.15, 0.2) is 23.1 Å². The maximum Gasteiger partial charge on any atom is 0.219 e. The van der Waals surface area contributed by atoms with Gasteiger partial charge < -0.3 is 0 Å². The molecule has 4 nitrogen and oxygen atoms in total. The van der Waals surface area contributed by atoms with Crippen molar-refractivity contribution in [2.45, 2.75) is 10.6 Å². The van der Waals surface area contributed by atoms with Crippen LogP contribution in [0.5, 0.6) is 0 Å². The molecule has 90 valence electrons. The molecule has 0 bridgehead atoms. The maximum absolute atomic E-state index is 13.3. The molecule has 1 heterocycles. The minimum Gasteiger partial charge on any atom is -0.298 e. The Bertz CT molecular complexity index is 517. The number of nitrogen functional groups attached to an aromatic ring is 1. The van der Waals surface area contributed by atoms with Gasteiger partial charge in [-0.05, 0) is 12.1 Å². The van der Waals surface area contributed by atoms with Crippen LogP contribution in [-0.2, 0) is 5.75 Å². The SMILES string of the molecule is NNc1nnc(CSc2ccc(F)cc2F)s1. The molecule has 1 aromatic heterocycles. The highest BCUT2D eigenvalue weighted by Crippen LogP contribution is 2.27. The number of aromatic nitrogens is 2. The first-order valence-electron chi connectivity index (χ1n) is 4.56. The zero-order valence-electron chi connectivity index (χ0n) is 8.48. The van der Waals surface area contributed by atoms with Gasteiger partial charge in [0.05, 0.1) is 5.75 Å². The molecule has 0 amide bonds. The Morgan fingerprint density at radius 2 is 2.18 bits per heavy atom. The first-order valence-corrected chi connectivity index (χ1v) is 6.36. The molecule has 2 aromatic rings. The molecular weight excluding hydrogens is 266 g/mol. The fraction of sp³-hybridized carbons (Fsp3) is 0.111. The molecular formula is C9H8F2N4S2. The van der Waals surface area contributed by atoms with Gasteiger partial charge in [-0.25, -0.2) is 14.6 Å². The molecule has 0 aliphatic rings. The van der Waals surface area contributed by atoms with E-state index in [4.69, 9.17) is 5.84 Å². The van der Waals surface area contributed by atoms with E-state index < -0.39 is 11.6 Å². The Morgan fingerprint density at radius 1 is 1.35 bits per heavy atom. The summed E-state index contributed by atoms with van der Waals surface area (Å²) in [5, 5.41) is 8.82. The van der Waals surface area contributed by atoms with Gasteiger partial charge in [-0.2, -0.15) is 0 Å². The van der Waals surface area contributed by atoms with Gasteiger partial charge in [0, 0.05) is 11.0 Å². The smallest absolute Gasteiger partial charge is 0.219 e. The molecule has 0 saturated heterocycles. The number of thioether (sulfide) groups is 1. The highest BCUT2D eigenvalue weighted by atomic mass is 32.2. The van der Waals surface area contributed by atoms with Crippen molar-refractivity contribution in [2.24, 2.45) is 5.84 Å². The lowest BCUT2D eigenvalue weighted by Crippen LogP contribution is -2.05. The number of nitrogens with two attached hydrogens (primary N) is 1. The second kappa shape index (κ2) is 5.39. The molecule has 2 rings (SSSR count). The number of nitrogens with one attached hydrogen (secondary N) is 1. The van der Waals surface area contributed by atoms with Crippen LogP contribution in [-0.4, -0.2) is 10.2 Å². The lowest BCUT2D eigenvalue weighted by Gasteiger charge is -2.00. The number of benzene rings is 1. The van der Waals surface area contributed by atoms with Crippen molar-refractivity contribution in [2.75, 3.05) is 5.43 Å². The van der Waals surface area contributed by atoms with Crippen LogP contribution in [0.25, 0.3) is 0 Å². The molecule has 17 heavy (non-hydrogen) atoms. The second-order valence-electron chi connectivity index (χ2n) is 3.01. The van der Waals surface area contributed by atoms with Gasteiger partial charge >= 0.3 is 0 Å².